The van der Waals surface area contributed by atoms with Crippen molar-refractivity contribution in [1.29, 1.82) is 0 Å². The van der Waals surface area contributed by atoms with Crippen molar-refractivity contribution >= 4 is 28.1 Å². The number of halogens is 1. The second kappa shape index (κ2) is 6.17. The van der Waals surface area contributed by atoms with Crippen molar-refractivity contribution in [3.8, 4) is 5.75 Å². The van der Waals surface area contributed by atoms with Gasteiger partial charge in [0.05, 0.1) is 10.7 Å². The first-order chi connectivity index (χ1) is 11.5. The van der Waals surface area contributed by atoms with E-state index in [0.717, 1.165) is 23.3 Å². The fourth-order valence-electron chi connectivity index (χ4n) is 5.67. The number of aromatic hydroxyl groups is 1. The van der Waals surface area contributed by atoms with Gasteiger partial charge in [-0.15, -0.1) is 0 Å². The predicted octanol–water partition coefficient (Wildman–Crippen LogP) is 4.21. The fraction of sp³-hybridized carbons (Fsp3) is 0.579. The van der Waals surface area contributed by atoms with E-state index in [1.54, 1.807) is 24.4 Å². The molecule has 4 saturated carbocycles. The zero-order valence-electron chi connectivity index (χ0n) is 13.7. The standard InChI is InChI=1S/C19H23BrN2O2/c20-16-6-12(1-2-17(16)23)11-21-22-18(24)10-19-7-13-3-14(8-19)5-15(4-13)9-19/h1-2,6,11,13-15,23H,3-5,7-10H2,(H,22,24)/b21-11-. The van der Waals surface area contributed by atoms with Gasteiger partial charge in [-0.1, -0.05) is 0 Å². The lowest BCUT2D eigenvalue weighted by Crippen LogP contribution is -2.47. The van der Waals surface area contributed by atoms with Gasteiger partial charge < -0.3 is 5.11 Å². The fourth-order valence-corrected chi connectivity index (χ4v) is 6.07. The average molecular weight is 391 g/mol. The van der Waals surface area contributed by atoms with Gasteiger partial charge in [0, 0.05) is 6.42 Å². The Morgan fingerprint density at radius 1 is 1.25 bits per heavy atom. The highest BCUT2D eigenvalue weighted by molar-refractivity contribution is 9.10. The van der Waals surface area contributed by atoms with Gasteiger partial charge >= 0.3 is 0 Å². The smallest absolute Gasteiger partial charge is 0.240 e. The summed E-state index contributed by atoms with van der Waals surface area (Å²) in [4.78, 5) is 12.4. The second-order valence-corrected chi connectivity index (χ2v) is 8.95. The molecule has 0 aromatic heterocycles. The van der Waals surface area contributed by atoms with Crippen molar-refractivity contribution in [2.45, 2.75) is 44.9 Å². The molecule has 24 heavy (non-hydrogen) atoms. The van der Waals surface area contributed by atoms with Gasteiger partial charge in [0.2, 0.25) is 5.91 Å². The maximum absolute atomic E-state index is 12.4. The highest BCUT2D eigenvalue weighted by atomic mass is 79.9. The van der Waals surface area contributed by atoms with Gasteiger partial charge in [-0.2, -0.15) is 5.10 Å². The molecular weight excluding hydrogens is 368 g/mol. The molecule has 0 radical (unpaired) electrons. The highest BCUT2D eigenvalue weighted by Gasteiger charge is 2.51. The molecule has 4 fully saturated rings. The van der Waals surface area contributed by atoms with Crippen molar-refractivity contribution in [2.24, 2.45) is 28.3 Å². The number of phenolic OH excluding ortho intramolecular Hbond substituents is 1. The van der Waals surface area contributed by atoms with Crippen molar-refractivity contribution < 1.29 is 9.90 Å². The van der Waals surface area contributed by atoms with E-state index < -0.39 is 0 Å². The highest BCUT2D eigenvalue weighted by Crippen LogP contribution is 2.61. The van der Waals surface area contributed by atoms with Crippen LogP contribution in [0.1, 0.15) is 50.5 Å². The van der Waals surface area contributed by atoms with Crippen LogP contribution in [-0.4, -0.2) is 17.2 Å². The Kier molecular flexibility index (Phi) is 4.15. The molecule has 0 spiro atoms. The first-order valence-corrected chi connectivity index (χ1v) is 9.61. The van der Waals surface area contributed by atoms with Crippen LogP contribution < -0.4 is 5.43 Å². The zero-order valence-corrected chi connectivity index (χ0v) is 15.3. The van der Waals surface area contributed by atoms with Crippen molar-refractivity contribution in [3.05, 3.63) is 28.2 Å². The topological polar surface area (TPSA) is 61.7 Å². The Bertz CT molecular complexity index is 651. The van der Waals surface area contributed by atoms with Gasteiger partial charge in [-0.3, -0.25) is 4.79 Å². The van der Waals surface area contributed by atoms with Gasteiger partial charge in [-0.25, -0.2) is 5.43 Å². The Morgan fingerprint density at radius 2 is 1.88 bits per heavy atom. The number of hydrogen-bond acceptors (Lipinski definition) is 3. The van der Waals surface area contributed by atoms with Crippen LogP contribution in [0, 0.1) is 23.2 Å². The van der Waals surface area contributed by atoms with Gasteiger partial charge in [-0.05, 0) is 101 Å². The van der Waals surface area contributed by atoms with Gasteiger partial charge in [0.1, 0.15) is 5.75 Å². The van der Waals surface area contributed by atoms with E-state index in [0.29, 0.717) is 10.9 Å². The van der Waals surface area contributed by atoms with E-state index in [4.69, 9.17) is 0 Å². The molecular formula is C19H23BrN2O2. The Morgan fingerprint density at radius 3 is 2.46 bits per heavy atom. The number of rotatable bonds is 4. The van der Waals surface area contributed by atoms with Crippen LogP contribution in [0.15, 0.2) is 27.8 Å². The van der Waals surface area contributed by atoms with Crippen LogP contribution in [0.25, 0.3) is 0 Å². The van der Waals surface area contributed by atoms with Crippen LogP contribution in [-0.2, 0) is 4.79 Å². The Hall–Kier alpha value is -1.36. The molecule has 5 heteroatoms. The quantitative estimate of drug-likeness (QED) is 0.597. The first kappa shape index (κ1) is 16.1. The molecule has 128 valence electrons. The third-order valence-corrected chi connectivity index (χ3v) is 6.71. The van der Waals surface area contributed by atoms with Gasteiger partial charge in [0.25, 0.3) is 0 Å². The normalized spacial score (nSPS) is 34.0. The maximum Gasteiger partial charge on any atom is 0.240 e. The molecule has 1 aromatic carbocycles. The van der Waals surface area contributed by atoms with E-state index in [1.165, 1.54) is 38.5 Å². The summed E-state index contributed by atoms with van der Waals surface area (Å²) in [7, 11) is 0. The molecule has 0 aliphatic heterocycles. The largest absolute Gasteiger partial charge is 0.507 e. The average Bonchev–Trinajstić information content (AvgIpc) is 2.49. The molecule has 0 heterocycles. The van der Waals surface area contributed by atoms with Crippen LogP contribution in [0.5, 0.6) is 5.75 Å². The molecule has 4 nitrogen and oxygen atoms in total. The zero-order chi connectivity index (χ0) is 16.7. The lowest BCUT2D eigenvalue weighted by atomic mass is 9.49. The minimum Gasteiger partial charge on any atom is -0.507 e. The minimum absolute atomic E-state index is 0.0334. The molecule has 4 aliphatic rings. The lowest BCUT2D eigenvalue weighted by molar-refractivity contribution is -0.129. The van der Waals surface area contributed by atoms with Crippen LogP contribution >= 0.6 is 15.9 Å². The first-order valence-electron chi connectivity index (χ1n) is 8.82. The second-order valence-electron chi connectivity index (χ2n) is 8.10. The van der Waals surface area contributed by atoms with E-state index in [1.807, 2.05) is 0 Å². The predicted molar refractivity (Wildman–Crippen MR) is 96.8 cm³/mol. The van der Waals surface area contributed by atoms with E-state index in [9.17, 15) is 9.90 Å². The van der Waals surface area contributed by atoms with Crippen LogP contribution in [0.4, 0.5) is 0 Å². The molecule has 1 amide bonds. The Balaban J connectivity index is 1.35. The SMILES string of the molecule is O=C(CC12CC3CC(CC(C3)C1)C2)N/N=C\c1ccc(O)c(Br)c1. The summed E-state index contributed by atoms with van der Waals surface area (Å²) in [6.07, 6.45) is 10.1. The number of carbonyl (C=O) groups excluding carboxylic acids is 1. The monoisotopic (exact) mass is 390 g/mol. The van der Waals surface area contributed by atoms with Crippen LogP contribution in [0.3, 0.4) is 0 Å². The summed E-state index contributed by atoms with van der Waals surface area (Å²) in [6, 6.07) is 5.13. The molecule has 4 bridgehead atoms. The van der Waals surface area contributed by atoms with E-state index in [2.05, 4.69) is 26.5 Å². The molecule has 2 N–H and O–H groups in total. The van der Waals surface area contributed by atoms with Crippen LogP contribution in [0.2, 0.25) is 0 Å². The van der Waals surface area contributed by atoms with Crippen molar-refractivity contribution in [1.82, 2.24) is 5.43 Å². The van der Waals surface area contributed by atoms with Gasteiger partial charge in [0.15, 0.2) is 0 Å². The van der Waals surface area contributed by atoms with Crippen molar-refractivity contribution in [3.63, 3.8) is 0 Å². The summed E-state index contributed by atoms with van der Waals surface area (Å²) >= 11 is 3.27. The molecule has 0 atom stereocenters. The Labute approximate surface area is 150 Å². The number of nitrogens with one attached hydrogen (secondary N) is 1. The number of amides is 1. The van der Waals surface area contributed by atoms with E-state index in [-0.39, 0.29) is 17.1 Å². The molecule has 4 aliphatic carbocycles. The minimum atomic E-state index is 0.0334. The number of phenols is 1. The maximum atomic E-state index is 12.4. The number of benzene rings is 1. The number of carbonyl (C=O) groups is 1. The summed E-state index contributed by atoms with van der Waals surface area (Å²) in [6.45, 7) is 0. The number of nitrogens with zero attached hydrogens (tertiary/aromatic N) is 1. The molecule has 5 rings (SSSR count). The van der Waals surface area contributed by atoms with E-state index >= 15 is 0 Å². The third-order valence-electron chi connectivity index (χ3n) is 6.08. The number of hydrazone groups is 1. The molecule has 0 saturated heterocycles. The summed E-state index contributed by atoms with van der Waals surface area (Å²) in [5.74, 6) is 2.81. The third kappa shape index (κ3) is 3.23. The van der Waals surface area contributed by atoms with Crippen molar-refractivity contribution in [2.75, 3.05) is 0 Å². The molecule has 0 unspecified atom stereocenters. The number of hydrogen-bond donors (Lipinski definition) is 2. The molecule has 1 aromatic rings. The lowest BCUT2D eigenvalue weighted by Gasteiger charge is -2.56. The summed E-state index contributed by atoms with van der Waals surface area (Å²) in [5.41, 5.74) is 3.77. The summed E-state index contributed by atoms with van der Waals surface area (Å²) in [5, 5.41) is 13.6. The summed E-state index contributed by atoms with van der Waals surface area (Å²) < 4.78 is 0.617.